The Bertz CT molecular complexity index is 337. The molecule has 0 atom stereocenters. The Hall–Kier alpha value is -1.36. The lowest BCUT2D eigenvalue weighted by Crippen LogP contribution is -2.29. The first-order chi connectivity index (χ1) is 8.24. The molecule has 0 aliphatic heterocycles. The van der Waals surface area contributed by atoms with E-state index in [-0.39, 0.29) is 6.61 Å². The van der Waals surface area contributed by atoms with Crippen LogP contribution in [0.4, 0.5) is 11.6 Å². The van der Waals surface area contributed by atoms with Crippen molar-refractivity contribution in [3.05, 3.63) is 11.9 Å². The molecule has 0 spiro atoms. The van der Waals surface area contributed by atoms with Gasteiger partial charge >= 0.3 is 0 Å². The second kappa shape index (κ2) is 7.06. The van der Waals surface area contributed by atoms with Gasteiger partial charge in [0.2, 0.25) is 0 Å². The van der Waals surface area contributed by atoms with Crippen molar-refractivity contribution >= 4 is 11.6 Å². The van der Waals surface area contributed by atoms with Crippen molar-refractivity contribution in [3.8, 4) is 0 Å². The maximum Gasteiger partial charge on any atom is 0.137 e. The third-order valence-corrected chi connectivity index (χ3v) is 2.56. The summed E-state index contributed by atoms with van der Waals surface area (Å²) < 4.78 is 0. The predicted octanol–water partition coefficient (Wildman–Crippen LogP) is 1.43. The zero-order chi connectivity index (χ0) is 12.7. The Morgan fingerprint density at radius 1 is 1.29 bits per heavy atom. The molecule has 0 unspecified atom stereocenters. The van der Waals surface area contributed by atoms with Gasteiger partial charge < -0.3 is 15.3 Å². The van der Waals surface area contributed by atoms with Gasteiger partial charge in [-0.25, -0.2) is 9.97 Å². The highest BCUT2D eigenvalue weighted by molar-refractivity contribution is 5.57. The Balaban J connectivity index is 2.97. The summed E-state index contributed by atoms with van der Waals surface area (Å²) in [6.07, 6.45) is 2.60. The van der Waals surface area contributed by atoms with Crippen LogP contribution in [0.25, 0.3) is 0 Å². The summed E-state index contributed by atoms with van der Waals surface area (Å²) in [7, 11) is 0. The monoisotopic (exact) mass is 238 g/mol. The van der Waals surface area contributed by atoms with Gasteiger partial charge in [0.1, 0.15) is 18.0 Å². The molecule has 96 valence electrons. The lowest BCUT2D eigenvalue weighted by Gasteiger charge is -2.24. The fourth-order valence-electron chi connectivity index (χ4n) is 1.82. The van der Waals surface area contributed by atoms with Gasteiger partial charge in [0, 0.05) is 25.2 Å². The first-order valence-electron chi connectivity index (χ1n) is 6.15. The Labute approximate surface area is 103 Å². The number of aliphatic hydroxyl groups excluding tert-OH is 1. The van der Waals surface area contributed by atoms with Crippen LogP contribution < -0.4 is 10.2 Å². The largest absolute Gasteiger partial charge is 0.395 e. The summed E-state index contributed by atoms with van der Waals surface area (Å²) in [6.45, 7) is 8.64. The van der Waals surface area contributed by atoms with Crippen molar-refractivity contribution in [2.24, 2.45) is 0 Å². The molecule has 1 aromatic heterocycles. The highest BCUT2D eigenvalue weighted by atomic mass is 16.3. The lowest BCUT2D eigenvalue weighted by atomic mass is 10.2. The van der Waals surface area contributed by atoms with E-state index in [1.54, 1.807) is 6.33 Å². The molecular weight excluding hydrogens is 216 g/mol. The van der Waals surface area contributed by atoms with Crippen LogP contribution in [0.1, 0.15) is 25.8 Å². The van der Waals surface area contributed by atoms with E-state index >= 15 is 0 Å². The van der Waals surface area contributed by atoms with Crippen LogP contribution in [0.5, 0.6) is 0 Å². The quantitative estimate of drug-likeness (QED) is 0.752. The number of aromatic nitrogens is 2. The Kier molecular flexibility index (Phi) is 5.69. The van der Waals surface area contributed by atoms with Crippen molar-refractivity contribution < 1.29 is 5.11 Å². The molecule has 0 amide bonds. The summed E-state index contributed by atoms with van der Waals surface area (Å²) in [4.78, 5) is 10.6. The van der Waals surface area contributed by atoms with Crippen LogP contribution in [0, 0.1) is 6.92 Å². The summed E-state index contributed by atoms with van der Waals surface area (Å²) in [6, 6.07) is 0. The Morgan fingerprint density at radius 3 is 2.65 bits per heavy atom. The maximum absolute atomic E-state index is 9.09. The molecule has 2 N–H and O–H groups in total. The highest BCUT2D eigenvalue weighted by Gasteiger charge is 2.12. The Morgan fingerprint density at radius 2 is 2.06 bits per heavy atom. The number of hydrogen-bond acceptors (Lipinski definition) is 5. The maximum atomic E-state index is 9.09. The smallest absolute Gasteiger partial charge is 0.137 e. The van der Waals surface area contributed by atoms with Crippen LogP contribution in [0.3, 0.4) is 0 Å². The zero-order valence-electron chi connectivity index (χ0n) is 10.9. The van der Waals surface area contributed by atoms with Gasteiger partial charge in [-0.15, -0.1) is 0 Å². The van der Waals surface area contributed by atoms with E-state index in [2.05, 4.69) is 27.1 Å². The lowest BCUT2D eigenvalue weighted by molar-refractivity contribution is 0.301. The topological polar surface area (TPSA) is 61.3 Å². The van der Waals surface area contributed by atoms with Crippen molar-refractivity contribution in [3.63, 3.8) is 0 Å². The van der Waals surface area contributed by atoms with Crippen molar-refractivity contribution in [1.29, 1.82) is 0 Å². The van der Waals surface area contributed by atoms with Gasteiger partial charge in [-0.1, -0.05) is 6.92 Å². The van der Waals surface area contributed by atoms with Gasteiger partial charge in [0.15, 0.2) is 0 Å². The molecule has 0 fully saturated rings. The fourth-order valence-corrected chi connectivity index (χ4v) is 1.82. The molecule has 0 saturated carbocycles. The third-order valence-electron chi connectivity index (χ3n) is 2.56. The molecule has 5 heteroatoms. The number of nitrogens with zero attached hydrogens (tertiary/aromatic N) is 3. The predicted molar refractivity (Wildman–Crippen MR) is 70.5 cm³/mol. The average molecular weight is 238 g/mol. The zero-order valence-corrected chi connectivity index (χ0v) is 10.9. The van der Waals surface area contributed by atoms with E-state index in [4.69, 9.17) is 5.11 Å². The van der Waals surface area contributed by atoms with Crippen LogP contribution in [-0.4, -0.2) is 41.3 Å². The minimum Gasteiger partial charge on any atom is -0.395 e. The van der Waals surface area contributed by atoms with E-state index in [0.29, 0.717) is 6.54 Å². The van der Waals surface area contributed by atoms with E-state index in [0.717, 1.165) is 36.7 Å². The molecule has 0 bridgehead atoms. The van der Waals surface area contributed by atoms with Gasteiger partial charge in [0.05, 0.1) is 6.61 Å². The van der Waals surface area contributed by atoms with Crippen molar-refractivity contribution in [2.75, 3.05) is 36.5 Å². The molecule has 0 saturated heterocycles. The van der Waals surface area contributed by atoms with Gasteiger partial charge in [-0.3, -0.25) is 0 Å². The summed E-state index contributed by atoms with van der Waals surface area (Å²) in [5.41, 5.74) is 1.04. The van der Waals surface area contributed by atoms with Crippen LogP contribution in [-0.2, 0) is 0 Å². The molecule has 0 aliphatic rings. The molecule has 0 aliphatic carbocycles. The summed E-state index contributed by atoms with van der Waals surface area (Å²) in [5, 5.41) is 12.3. The first kappa shape index (κ1) is 13.7. The highest BCUT2D eigenvalue weighted by Crippen LogP contribution is 2.21. The van der Waals surface area contributed by atoms with E-state index in [1.165, 1.54) is 0 Å². The summed E-state index contributed by atoms with van der Waals surface area (Å²) >= 11 is 0. The van der Waals surface area contributed by atoms with Crippen LogP contribution in [0.15, 0.2) is 6.33 Å². The van der Waals surface area contributed by atoms with Crippen molar-refractivity contribution in [1.82, 2.24) is 9.97 Å². The molecule has 5 nitrogen and oxygen atoms in total. The number of hydrogen-bond donors (Lipinski definition) is 2. The molecule has 1 rings (SSSR count). The van der Waals surface area contributed by atoms with E-state index < -0.39 is 0 Å². The van der Waals surface area contributed by atoms with Gasteiger partial charge in [0.25, 0.3) is 0 Å². The van der Waals surface area contributed by atoms with Gasteiger partial charge in [-0.05, 0) is 20.3 Å². The standard InChI is InChI=1S/C12H22N4O/c1-4-6-16(7-8-17)12-10(3)11(13-5-2)14-9-15-12/h9,17H,4-8H2,1-3H3,(H,13,14,15). The van der Waals surface area contributed by atoms with E-state index in [9.17, 15) is 0 Å². The SMILES string of the molecule is CCCN(CCO)c1ncnc(NCC)c1C. The molecule has 17 heavy (non-hydrogen) atoms. The molecule has 1 aromatic rings. The fraction of sp³-hybridized carbons (Fsp3) is 0.667. The normalized spacial score (nSPS) is 10.4. The van der Waals surface area contributed by atoms with Crippen LogP contribution >= 0.6 is 0 Å². The molecular formula is C12H22N4O. The second-order valence-corrected chi connectivity index (χ2v) is 3.91. The van der Waals surface area contributed by atoms with Gasteiger partial charge in [-0.2, -0.15) is 0 Å². The van der Waals surface area contributed by atoms with Crippen LogP contribution in [0.2, 0.25) is 0 Å². The number of anilines is 2. The number of nitrogens with one attached hydrogen (secondary N) is 1. The molecule has 0 aromatic carbocycles. The van der Waals surface area contributed by atoms with E-state index in [1.807, 2.05) is 13.8 Å². The molecule has 0 radical (unpaired) electrons. The second-order valence-electron chi connectivity index (χ2n) is 3.91. The average Bonchev–Trinajstić information content (AvgIpc) is 2.32. The number of rotatable bonds is 7. The van der Waals surface area contributed by atoms with Crippen molar-refractivity contribution in [2.45, 2.75) is 27.2 Å². The first-order valence-corrected chi connectivity index (χ1v) is 6.15. The minimum atomic E-state index is 0.139. The summed E-state index contributed by atoms with van der Waals surface area (Å²) in [5.74, 6) is 1.78. The third kappa shape index (κ3) is 3.56. The number of aliphatic hydroxyl groups is 1. The minimum absolute atomic E-state index is 0.139. The molecule has 1 heterocycles.